The third kappa shape index (κ3) is 4.17. The van der Waals surface area contributed by atoms with Crippen molar-refractivity contribution in [1.82, 2.24) is 4.90 Å². The van der Waals surface area contributed by atoms with Gasteiger partial charge in [-0.25, -0.2) is 0 Å². The Morgan fingerprint density at radius 3 is 2.57 bits per heavy atom. The minimum atomic E-state index is -0.105. The zero-order valence-corrected chi connectivity index (χ0v) is 14.3. The third-order valence-electron chi connectivity index (χ3n) is 3.42. The van der Waals surface area contributed by atoms with Gasteiger partial charge in [-0.15, -0.1) is 0 Å². The van der Waals surface area contributed by atoms with E-state index in [2.05, 4.69) is 0 Å². The Morgan fingerprint density at radius 2 is 1.91 bits per heavy atom. The van der Waals surface area contributed by atoms with Crippen molar-refractivity contribution < 1.29 is 14.3 Å². The number of hydrogen-bond acceptors (Lipinski definition) is 3. The summed E-state index contributed by atoms with van der Waals surface area (Å²) in [5, 5.41) is 0.649. The summed E-state index contributed by atoms with van der Waals surface area (Å²) < 4.78 is 10.8. The van der Waals surface area contributed by atoms with Crippen molar-refractivity contribution in [3.63, 3.8) is 0 Å². The van der Waals surface area contributed by atoms with E-state index in [1.807, 2.05) is 31.2 Å². The van der Waals surface area contributed by atoms with Gasteiger partial charge in [0.1, 0.15) is 0 Å². The van der Waals surface area contributed by atoms with E-state index < -0.39 is 0 Å². The number of carbonyl (C=O) groups excluding carboxylic acids is 1. The number of ether oxygens (including phenoxy) is 2. The molecule has 5 heteroatoms. The Morgan fingerprint density at radius 1 is 1.17 bits per heavy atom. The molecule has 0 saturated carbocycles. The molecule has 0 aliphatic heterocycles. The minimum absolute atomic E-state index is 0.105. The Labute approximate surface area is 141 Å². The van der Waals surface area contributed by atoms with Crippen molar-refractivity contribution in [1.29, 1.82) is 0 Å². The van der Waals surface area contributed by atoms with Crippen LogP contribution in [-0.2, 0) is 6.54 Å². The molecule has 2 aromatic rings. The summed E-state index contributed by atoms with van der Waals surface area (Å²) in [5.41, 5.74) is 1.45. The molecule has 4 nitrogen and oxygen atoms in total. The lowest BCUT2D eigenvalue weighted by Crippen LogP contribution is -2.26. The molecule has 2 aromatic carbocycles. The van der Waals surface area contributed by atoms with E-state index in [4.69, 9.17) is 21.1 Å². The molecule has 0 fully saturated rings. The Bertz CT molecular complexity index is 688. The maximum absolute atomic E-state index is 12.6. The first-order chi connectivity index (χ1) is 11.1. The smallest absolute Gasteiger partial charge is 0.254 e. The summed E-state index contributed by atoms with van der Waals surface area (Å²) >= 11 is 6.15. The molecular formula is C18H20ClNO3. The third-order valence-corrected chi connectivity index (χ3v) is 3.79. The molecule has 0 spiro atoms. The molecule has 0 unspecified atom stereocenters. The number of hydrogen-bond donors (Lipinski definition) is 0. The number of carbonyl (C=O) groups is 1. The highest BCUT2D eigenvalue weighted by atomic mass is 35.5. The van der Waals surface area contributed by atoms with E-state index in [1.165, 1.54) is 0 Å². The molecular weight excluding hydrogens is 314 g/mol. The van der Waals surface area contributed by atoms with Gasteiger partial charge in [0.2, 0.25) is 0 Å². The van der Waals surface area contributed by atoms with Crippen molar-refractivity contribution >= 4 is 17.5 Å². The van der Waals surface area contributed by atoms with Gasteiger partial charge < -0.3 is 14.4 Å². The van der Waals surface area contributed by atoms with Crippen molar-refractivity contribution in [2.75, 3.05) is 20.8 Å². The first kappa shape index (κ1) is 17.2. The van der Waals surface area contributed by atoms with Gasteiger partial charge in [-0.05, 0) is 36.8 Å². The molecule has 0 bridgehead atoms. The summed E-state index contributed by atoms with van der Waals surface area (Å²) in [6.07, 6.45) is 0. The molecule has 122 valence electrons. The second-order valence-electron chi connectivity index (χ2n) is 5.05. The highest BCUT2D eigenvalue weighted by Gasteiger charge is 2.16. The quantitative estimate of drug-likeness (QED) is 0.801. The van der Waals surface area contributed by atoms with Gasteiger partial charge in [0.15, 0.2) is 11.5 Å². The molecule has 2 rings (SSSR count). The maximum Gasteiger partial charge on any atom is 0.254 e. The van der Waals surface area contributed by atoms with Gasteiger partial charge in [0.05, 0.1) is 13.7 Å². The summed E-state index contributed by atoms with van der Waals surface area (Å²) in [4.78, 5) is 14.2. The normalized spacial score (nSPS) is 10.3. The Balaban J connectivity index is 2.17. The summed E-state index contributed by atoms with van der Waals surface area (Å²) in [6.45, 7) is 2.87. The van der Waals surface area contributed by atoms with Crippen LogP contribution in [0, 0.1) is 0 Å². The van der Waals surface area contributed by atoms with E-state index in [1.54, 1.807) is 37.3 Å². The van der Waals surface area contributed by atoms with Crippen LogP contribution in [-0.4, -0.2) is 31.6 Å². The predicted molar refractivity (Wildman–Crippen MR) is 91.4 cm³/mol. The predicted octanol–water partition coefficient (Wildman–Crippen LogP) is 4.02. The number of benzene rings is 2. The molecule has 1 amide bonds. The highest BCUT2D eigenvalue weighted by Crippen LogP contribution is 2.28. The zero-order chi connectivity index (χ0) is 16.8. The van der Waals surface area contributed by atoms with Crippen LogP contribution in [0.25, 0.3) is 0 Å². The van der Waals surface area contributed by atoms with Gasteiger partial charge in [-0.2, -0.15) is 0 Å². The minimum Gasteiger partial charge on any atom is -0.493 e. The zero-order valence-electron chi connectivity index (χ0n) is 13.5. The number of nitrogens with zero attached hydrogens (tertiary/aromatic N) is 1. The maximum atomic E-state index is 12.6. The molecule has 0 aliphatic rings. The fourth-order valence-corrected chi connectivity index (χ4v) is 2.45. The molecule has 0 saturated heterocycles. The standard InChI is InChI=1S/C18H20ClNO3/c1-4-23-16-10-9-13(11-17(16)22-3)18(21)20(2)12-14-7-5-6-8-15(14)19/h5-11H,4,12H2,1-3H3. The molecule has 23 heavy (non-hydrogen) atoms. The lowest BCUT2D eigenvalue weighted by Gasteiger charge is -2.19. The molecule has 0 radical (unpaired) electrons. The largest absolute Gasteiger partial charge is 0.493 e. The van der Waals surface area contributed by atoms with Crippen LogP contribution >= 0.6 is 11.6 Å². The van der Waals surface area contributed by atoms with Crippen LogP contribution in [0.15, 0.2) is 42.5 Å². The Kier molecular flexibility index (Phi) is 5.88. The topological polar surface area (TPSA) is 38.8 Å². The van der Waals surface area contributed by atoms with E-state index in [0.717, 1.165) is 5.56 Å². The fourth-order valence-electron chi connectivity index (χ4n) is 2.25. The lowest BCUT2D eigenvalue weighted by atomic mass is 10.1. The van der Waals surface area contributed by atoms with Gasteiger partial charge in [0.25, 0.3) is 5.91 Å². The van der Waals surface area contributed by atoms with Gasteiger partial charge in [0, 0.05) is 24.2 Å². The summed E-state index contributed by atoms with van der Waals surface area (Å²) in [6, 6.07) is 12.7. The van der Waals surface area contributed by atoms with E-state index in [0.29, 0.717) is 35.2 Å². The van der Waals surface area contributed by atoms with Gasteiger partial charge in [-0.1, -0.05) is 29.8 Å². The van der Waals surface area contributed by atoms with Crippen LogP contribution in [0.1, 0.15) is 22.8 Å². The number of rotatable bonds is 6. The average Bonchev–Trinajstić information content (AvgIpc) is 2.56. The SMILES string of the molecule is CCOc1ccc(C(=O)N(C)Cc2ccccc2Cl)cc1OC. The lowest BCUT2D eigenvalue weighted by molar-refractivity contribution is 0.0784. The Hall–Kier alpha value is -2.20. The molecule has 0 heterocycles. The molecule has 0 N–H and O–H groups in total. The van der Waals surface area contributed by atoms with E-state index in [9.17, 15) is 4.79 Å². The first-order valence-corrected chi connectivity index (χ1v) is 7.74. The molecule has 0 atom stereocenters. The van der Waals surface area contributed by atoms with Crippen LogP contribution in [0.2, 0.25) is 5.02 Å². The van der Waals surface area contributed by atoms with Crippen molar-refractivity contribution in [3.05, 3.63) is 58.6 Å². The number of methoxy groups -OCH3 is 1. The highest BCUT2D eigenvalue weighted by molar-refractivity contribution is 6.31. The first-order valence-electron chi connectivity index (χ1n) is 7.36. The second-order valence-corrected chi connectivity index (χ2v) is 5.46. The van der Waals surface area contributed by atoms with Crippen LogP contribution < -0.4 is 9.47 Å². The van der Waals surface area contributed by atoms with Gasteiger partial charge >= 0.3 is 0 Å². The van der Waals surface area contributed by atoms with E-state index in [-0.39, 0.29) is 5.91 Å². The van der Waals surface area contributed by atoms with Gasteiger partial charge in [-0.3, -0.25) is 4.79 Å². The van der Waals surface area contributed by atoms with Crippen molar-refractivity contribution in [2.45, 2.75) is 13.5 Å². The van der Waals surface area contributed by atoms with Crippen molar-refractivity contribution in [3.8, 4) is 11.5 Å². The van der Waals surface area contributed by atoms with Crippen LogP contribution in [0.5, 0.6) is 11.5 Å². The number of halogens is 1. The summed E-state index contributed by atoms with van der Waals surface area (Å²) in [7, 11) is 3.30. The van der Waals surface area contributed by atoms with E-state index >= 15 is 0 Å². The number of amides is 1. The molecule has 0 aliphatic carbocycles. The summed E-state index contributed by atoms with van der Waals surface area (Å²) in [5.74, 6) is 1.07. The average molecular weight is 334 g/mol. The fraction of sp³-hybridized carbons (Fsp3) is 0.278. The second kappa shape index (κ2) is 7.88. The monoisotopic (exact) mass is 333 g/mol. The molecule has 0 aromatic heterocycles. The van der Waals surface area contributed by atoms with Crippen LogP contribution in [0.3, 0.4) is 0 Å². The van der Waals surface area contributed by atoms with Crippen LogP contribution in [0.4, 0.5) is 0 Å². The van der Waals surface area contributed by atoms with Crippen molar-refractivity contribution in [2.24, 2.45) is 0 Å².